The fourth-order valence-electron chi connectivity index (χ4n) is 1.65. The average molecular weight is 284 g/mol. The molecule has 19 heavy (non-hydrogen) atoms. The lowest BCUT2D eigenvalue weighted by molar-refractivity contribution is -0.121. The monoisotopic (exact) mass is 283 g/mol. The number of methoxy groups -OCH3 is 1. The molecule has 0 aliphatic heterocycles. The third kappa shape index (κ3) is 3.12. The SMILES string of the molecule is COCCNC(=O)Cn1c(N)nc2cc(Cl)cnc21. The van der Waals surface area contributed by atoms with Gasteiger partial charge in [-0.15, -0.1) is 0 Å². The minimum absolute atomic E-state index is 0.0562. The standard InChI is InChI=1S/C11H14ClN5O2/c1-19-3-2-14-9(18)6-17-10-8(16-11(17)13)4-7(12)5-15-10/h4-5H,2-3,6H2,1H3,(H2,13,16)(H,14,18). The Morgan fingerprint density at radius 1 is 1.63 bits per heavy atom. The van der Waals surface area contributed by atoms with Gasteiger partial charge in [-0.1, -0.05) is 11.6 Å². The Kier molecular flexibility index (Phi) is 4.18. The number of nitrogens with two attached hydrogens (primary N) is 1. The van der Waals surface area contributed by atoms with Gasteiger partial charge in [0.1, 0.15) is 12.1 Å². The number of nitrogens with zero attached hydrogens (tertiary/aromatic N) is 3. The van der Waals surface area contributed by atoms with E-state index in [4.69, 9.17) is 22.1 Å². The molecule has 7 nitrogen and oxygen atoms in total. The molecular formula is C11H14ClN5O2. The molecule has 0 spiro atoms. The van der Waals surface area contributed by atoms with Gasteiger partial charge in [0.15, 0.2) is 5.65 Å². The summed E-state index contributed by atoms with van der Waals surface area (Å²) in [5.74, 6) is 0.0476. The van der Waals surface area contributed by atoms with Crippen LogP contribution in [0.4, 0.5) is 5.95 Å². The predicted octanol–water partition coefficient (Wildman–Crippen LogP) is 0.430. The van der Waals surface area contributed by atoms with Gasteiger partial charge in [-0.3, -0.25) is 9.36 Å². The Balaban J connectivity index is 2.16. The van der Waals surface area contributed by atoms with E-state index in [1.165, 1.54) is 10.8 Å². The number of rotatable bonds is 5. The molecule has 0 saturated carbocycles. The zero-order valence-electron chi connectivity index (χ0n) is 10.4. The Morgan fingerprint density at radius 2 is 2.42 bits per heavy atom. The highest BCUT2D eigenvalue weighted by molar-refractivity contribution is 6.31. The van der Waals surface area contributed by atoms with Crippen LogP contribution in [-0.4, -0.2) is 40.7 Å². The van der Waals surface area contributed by atoms with Gasteiger partial charge in [0.25, 0.3) is 0 Å². The second-order valence-electron chi connectivity index (χ2n) is 3.90. The van der Waals surface area contributed by atoms with E-state index in [0.717, 1.165) is 0 Å². The molecule has 0 fully saturated rings. The first-order valence-electron chi connectivity index (χ1n) is 5.64. The maximum atomic E-state index is 11.7. The summed E-state index contributed by atoms with van der Waals surface area (Å²) in [4.78, 5) is 20.0. The quantitative estimate of drug-likeness (QED) is 0.776. The van der Waals surface area contributed by atoms with Crippen LogP contribution in [0.25, 0.3) is 11.2 Å². The number of carbonyl (C=O) groups excluding carboxylic acids is 1. The van der Waals surface area contributed by atoms with Gasteiger partial charge in [0.2, 0.25) is 11.9 Å². The number of hydrogen-bond acceptors (Lipinski definition) is 5. The minimum atomic E-state index is -0.181. The topological polar surface area (TPSA) is 95.1 Å². The highest BCUT2D eigenvalue weighted by Crippen LogP contribution is 2.18. The highest BCUT2D eigenvalue weighted by atomic mass is 35.5. The number of hydrogen-bond donors (Lipinski definition) is 2. The molecule has 0 atom stereocenters. The van der Waals surface area contributed by atoms with Crippen LogP contribution >= 0.6 is 11.6 Å². The van der Waals surface area contributed by atoms with E-state index in [1.807, 2.05) is 0 Å². The summed E-state index contributed by atoms with van der Waals surface area (Å²) in [5, 5.41) is 3.18. The van der Waals surface area contributed by atoms with Gasteiger partial charge in [-0.25, -0.2) is 9.97 Å². The van der Waals surface area contributed by atoms with Crippen LogP contribution in [0.15, 0.2) is 12.3 Å². The van der Waals surface area contributed by atoms with Crippen LogP contribution in [0.5, 0.6) is 0 Å². The number of fused-ring (bicyclic) bond motifs is 1. The number of halogens is 1. The number of anilines is 1. The highest BCUT2D eigenvalue weighted by Gasteiger charge is 2.12. The molecule has 0 aliphatic rings. The van der Waals surface area contributed by atoms with Gasteiger partial charge in [0.05, 0.1) is 11.6 Å². The van der Waals surface area contributed by atoms with Crippen molar-refractivity contribution in [1.82, 2.24) is 19.9 Å². The Hall–Kier alpha value is -1.86. The van der Waals surface area contributed by atoms with Crippen molar-refractivity contribution in [3.8, 4) is 0 Å². The molecule has 1 amide bonds. The number of nitrogens with one attached hydrogen (secondary N) is 1. The third-order valence-corrected chi connectivity index (χ3v) is 2.72. The summed E-state index contributed by atoms with van der Waals surface area (Å²) >= 11 is 5.82. The summed E-state index contributed by atoms with van der Waals surface area (Å²) in [7, 11) is 1.57. The number of aromatic nitrogens is 3. The van der Waals surface area contributed by atoms with Crippen molar-refractivity contribution < 1.29 is 9.53 Å². The van der Waals surface area contributed by atoms with E-state index in [-0.39, 0.29) is 18.4 Å². The molecule has 2 aromatic rings. The number of amides is 1. The zero-order chi connectivity index (χ0) is 13.8. The van der Waals surface area contributed by atoms with Crippen molar-refractivity contribution in [3.63, 3.8) is 0 Å². The molecule has 0 unspecified atom stereocenters. The average Bonchev–Trinajstić information content (AvgIpc) is 2.65. The molecule has 102 valence electrons. The zero-order valence-corrected chi connectivity index (χ0v) is 11.1. The molecule has 2 heterocycles. The minimum Gasteiger partial charge on any atom is -0.383 e. The van der Waals surface area contributed by atoms with Crippen LogP contribution in [0, 0.1) is 0 Å². The summed E-state index contributed by atoms with van der Waals surface area (Å²) < 4.78 is 6.38. The number of carbonyl (C=O) groups is 1. The lowest BCUT2D eigenvalue weighted by atomic mass is 10.4. The van der Waals surface area contributed by atoms with Crippen LogP contribution in [0.3, 0.4) is 0 Å². The molecule has 0 aliphatic carbocycles. The van der Waals surface area contributed by atoms with Gasteiger partial charge in [-0.2, -0.15) is 0 Å². The van der Waals surface area contributed by atoms with Crippen LogP contribution in [0.2, 0.25) is 5.02 Å². The number of ether oxygens (including phenoxy) is 1. The van der Waals surface area contributed by atoms with Crippen molar-refractivity contribution in [3.05, 3.63) is 17.3 Å². The first kappa shape index (κ1) is 13.6. The molecule has 8 heteroatoms. The number of imidazole rings is 1. The first-order valence-corrected chi connectivity index (χ1v) is 6.02. The Labute approximate surface area is 114 Å². The van der Waals surface area contributed by atoms with Gasteiger partial charge < -0.3 is 15.8 Å². The Bertz CT molecular complexity index is 598. The van der Waals surface area contributed by atoms with E-state index in [2.05, 4.69) is 15.3 Å². The second-order valence-corrected chi connectivity index (χ2v) is 4.33. The largest absolute Gasteiger partial charge is 0.383 e. The van der Waals surface area contributed by atoms with Gasteiger partial charge >= 0.3 is 0 Å². The molecule has 0 radical (unpaired) electrons. The lowest BCUT2D eigenvalue weighted by Crippen LogP contribution is -2.30. The smallest absolute Gasteiger partial charge is 0.240 e. The van der Waals surface area contributed by atoms with E-state index >= 15 is 0 Å². The van der Waals surface area contributed by atoms with E-state index in [9.17, 15) is 4.79 Å². The molecule has 0 saturated heterocycles. The van der Waals surface area contributed by atoms with Crippen molar-refractivity contribution in [1.29, 1.82) is 0 Å². The summed E-state index contributed by atoms with van der Waals surface area (Å²) in [6.07, 6.45) is 1.49. The fourth-order valence-corrected chi connectivity index (χ4v) is 1.80. The third-order valence-electron chi connectivity index (χ3n) is 2.51. The molecule has 0 bridgehead atoms. The van der Waals surface area contributed by atoms with Crippen LogP contribution in [-0.2, 0) is 16.1 Å². The predicted molar refractivity (Wildman–Crippen MR) is 71.8 cm³/mol. The molecule has 2 aromatic heterocycles. The lowest BCUT2D eigenvalue weighted by Gasteiger charge is -2.07. The van der Waals surface area contributed by atoms with Crippen molar-refractivity contribution in [2.24, 2.45) is 0 Å². The molecule has 0 aromatic carbocycles. The Morgan fingerprint density at radius 3 is 3.16 bits per heavy atom. The summed E-state index contributed by atoms with van der Waals surface area (Å²) in [6.45, 7) is 0.960. The number of pyridine rings is 1. The van der Waals surface area contributed by atoms with E-state index < -0.39 is 0 Å². The van der Waals surface area contributed by atoms with Crippen LogP contribution in [0.1, 0.15) is 0 Å². The van der Waals surface area contributed by atoms with Gasteiger partial charge in [0, 0.05) is 19.9 Å². The maximum Gasteiger partial charge on any atom is 0.240 e. The molecule has 3 N–H and O–H groups in total. The van der Waals surface area contributed by atoms with Crippen molar-refractivity contribution in [2.45, 2.75) is 6.54 Å². The normalized spacial score (nSPS) is 10.8. The molecule has 2 rings (SSSR count). The van der Waals surface area contributed by atoms with E-state index in [1.54, 1.807) is 13.2 Å². The fraction of sp³-hybridized carbons (Fsp3) is 0.364. The number of nitrogen functional groups attached to an aromatic ring is 1. The van der Waals surface area contributed by atoms with Crippen molar-refractivity contribution >= 4 is 34.6 Å². The van der Waals surface area contributed by atoms with Crippen LogP contribution < -0.4 is 11.1 Å². The second kappa shape index (κ2) is 5.85. The van der Waals surface area contributed by atoms with Crippen molar-refractivity contribution in [2.75, 3.05) is 26.0 Å². The summed E-state index contributed by atoms with van der Waals surface area (Å²) in [6, 6.07) is 1.65. The first-order chi connectivity index (χ1) is 9.11. The maximum absolute atomic E-state index is 11.7. The molecular weight excluding hydrogens is 270 g/mol. The van der Waals surface area contributed by atoms with E-state index in [0.29, 0.717) is 29.3 Å². The van der Waals surface area contributed by atoms with Gasteiger partial charge in [-0.05, 0) is 6.07 Å². The summed E-state index contributed by atoms with van der Waals surface area (Å²) in [5.41, 5.74) is 6.87.